The number of halogens is 1. The molecular weight excluding hydrogens is 506 g/mol. The van der Waals surface area contributed by atoms with Gasteiger partial charge >= 0.3 is 0 Å². The summed E-state index contributed by atoms with van der Waals surface area (Å²) in [4.78, 5) is 15.8. The Morgan fingerprint density at radius 1 is 1.24 bits per heavy atom. The van der Waals surface area contributed by atoms with Crippen LogP contribution in [0.3, 0.4) is 0 Å². The highest BCUT2D eigenvalue weighted by molar-refractivity contribution is 6.34. The molecule has 38 heavy (non-hydrogen) atoms. The number of nitriles is 1. The highest BCUT2D eigenvalue weighted by atomic mass is 35.5. The zero-order valence-corrected chi connectivity index (χ0v) is 21.8. The molecule has 1 amide bonds. The number of likely N-dealkylation sites (tertiary alicyclic amines) is 1. The van der Waals surface area contributed by atoms with E-state index in [0.29, 0.717) is 42.1 Å². The molecule has 3 aliphatic carbocycles. The van der Waals surface area contributed by atoms with Gasteiger partial charge in [0.05, 0.1) is 33.5 Å². The predicted molar refractivity (Wildman–Crippen MR) is 141 cm³/mol. The Balaban J connectivity index is 1.46. The molecule has 0 spiro atoms. The average Bonchev–Trinajstić information content (AvgIpc) is 3.71. The minimum Gasteiger partial charge on any atom is -0.512 e. The van der Waals surface area contributed by atoms with E-state index in [1.807, 2.05) is 6.07 Å². The van der Waals surface area contributed by atoms with Crippen LogP contribution in [0.15, 0.2) is 41.7 Å². The molecule has 1 saturated carbocycles. The van der Waals surface area contributed by atoms with Crippen LogP contribution in [0.25, 0.3) is 0 Å². The molecule has 1 aliphatic heterocycles. The van der Waals surface area contributed by atoms with E-state index in [4.69, 9.17) is 16.9 Å². The van der Waals surface area contributed by atoms with E-state index in [1.54, 1.807) is 13.0 Å². The van der Waals surface area contributed by atoms with E-state index < -0.39 is 22.8 Å². The van der Waals surface area contributed by atoms with E-state index in [0.717, 1.165) is 24.9 Å². The fraction of sp³-hybridized carbons (Fsp3) is 0.448. The van der Waals surface area contributed by atoms with Gasteiger partial charge in [0.25, 0.3) is 5.91 Å². The zero-order chi connectivity index (χ0) is 27.0. The number of phenolic OH excluding ortho intramolecular Hbond substituents is 2. The summed E-state index contributed by atoms with van der Waals surface area (Å²) in [7, 11) is 0. The van der Waals surface area contributed by atoms with Crippen LogP contribution in [0.1, 0.15) is 49.3 Å². The molecule has 5 N–H and O–H groups in total. The maximum Gasteiger partial charge on any atom is 0.255 e. The van der Waals surface area contributed by atoms with Crippen LogP contribution >= 0.6 is 11.6 Å². The maximum absolute atomic E-state index is 13.5. The smallest absolute Gasteiger partial charge is 0.255 e. The maximum atomic E-state index is 13.5. The molecule has 8 nitrogen and oxygen atoms in total. The number of hydrogen-bond donors (Lipinski definition) is 5. The predicted octanol–water partition coefficient (Wildman–Crippen LogP) is 4.12. The van der Waals surface area contributed by atoms with Gasteiger partial charge < -0.3 is 25.7 Å². The second kappa shape index (κ2) is 8.63. The number of carbonyl (C=O) groups is 1. The van der Waals surface area contributed by atoms with E-state index in [2.05, 4.69) is 10.2 Å². The average molecular weight is 536 g/mol. The number of anilines is 1. The first-order valence-electron chi connectivity index (χ1n) is 13.0. The number of piperidine rings is 1. The molecule has 4 aliphatic rings. The van der Waals surface area contributed by atoms with Crippen molar-refractivity contribution in [3.05, 3.63) is 63.4 Å². The molecule has 2 aromatic rings. The molecule has 2 bridgehead atoms. The van der Waals surface area contributed by atoms with Gasteiger partial charge in [0.15, 0.2) is 11.5 Å². The number of benzene rings is 2. The molecule has 1 heterocycles. The summed E-state index contributed by atoms with van der Waals surface area (Å²) in [6.07, 6.45) is 3.11. The molecule has 1 saturated heterocycles. The lowest BCUT2D eigenvalue weighted by atomic mass is 9.46. The molecule has 0 unspecified atom stereocenters. The lowest BCUT2D eigenvalue weighted by Crippen LogP contribution is -2.75. The first-order chi connectivity index (χ1) is 18.1. The summed E-state index contributed by atoms with van der Waals surface area (Å²) >= 11 is 6.28. The number of carbonyl (C=O) groups excluding carboxylic acids is 1. The van der Waals surface area contributed by atoms with E-state index in [1.165, 1.54) is 24.3 Å². The summed E-state index contributed by atoms with van der Waals surface area (Å²) < 4.78 is 0. The van der Waals surface area contributed by atoms with Gasteiger partial charge in [-0.2, -0.15) is 5.26 Å². The van der Waals surface area contributed by atoms with Gasteiger partial charge in [-0.25, -0.2) is 0 Å². The third kappa shape index (κ3) is 3.46. The second-order valence-electron chi connectivity index (χ2n) is 11.3. The lowest BCUT2D eigenvalue weighted by molar-refractivity contribution is -0.171. The number of allylic oxidation sites excluding steroid dienone is 1. The largest absolute Gasteiger partial charge is 0.512 e. The minimum absolute atomic E-state index is 0.0671. The van der Waals surface area contributed by atoms with Crippen LogP contribution in [0.2, 0.25) is 5.02 Å². The summed E-state index contributed by atoms with van der Waals surface area (Å²) in [6.45, 7) is 3.31. The number of aliphatic hydroxyl groups excluding tert-OH is 1. The number of nitrogens with zero attached hydrogens (tertiary/aromatic N) is 2. The second-order valence-corrected chi connectivity index (χ2v) is 11.7. The SMILES string of the molecule is C[C@H]1C(O)=C(C(=O)Nc2ccc(C#N)cc2Cl)C[C@@]2(O)[C@H]3Cc4ccc(O)c(O)c4[C@@]12CCN3CC1CC1. The van der Waals surface area contributed by atoms with Gasteiger partial charge in [-0.1, -0.05) is 24.6 Å². The van der Waals surface area contributed by atoms with Crippen LogP contribution in [-0.2, 0) is 16.6 Å². The van der Waals surface area contributed by atoms with Crippen LogP contribution in [0, 0.1) is 23.2 Å². The van der Waals surface area contributed by atoms with Crippen molar-refractivity contribution >= 4 is 23.2 Å². The van der Waals surface area contributed by atoms with Crippen molar-refractivity contribution in [2.45, 2.75) is 56.1 Å². The zero-order valence-electron chi connectivity index (χ0n) is 21.0. The molecule has 0 aromatic heterocycles. The van der Waals surface area contributed by atoms with Crippen LogP contribution in [0.4, 0.5) is 5.69 Å². The van der Waals surface area contributed by atoms with Gasteiger partial charge in [-0.15, -0.1) is 0 Å². The first kappa shape index (κ1) is 25.1. The van der Waals surface area contributed by atoms with Crippen LogP contribution < -0.4 is 5.32 Å². The third-order valence-corrected chi connectivity index (χ3v) is 9.69. The molecular formula is C29H30ClN3O5. The lowest BCUT2D eigenvalue weighted by Gasteiger charge is -2.65. The molecule has 198 valence electrons. The Labute approximate surface area is 225 Å². The number of aromatic hydroxyl groups is 2. The van der Waals surface area contributed by atoms with Gasteiger partial charge in [0.1, 0.15) is 5.76 Å². The van der Waals surface area contributed by atoms with Crippen LogP contribution in [-0.4, -0.2) is 56.0 Å². The van der Waals surface area contributed by atoms with Crippen molar-refractivity contribution in [1.82, 2.24) is 4.90 Å². The Morgan fingerprint density at radius 3 is 2.68 bits per heavy atom. The Morgan fingerprint density at radius 2 is 2.00 bits per heavy atom. The van der Waals surface area contributed by atoms with Crippen molar-refractivity contribution in [2.75, 3.05) is 18.4 Å². The van der Waals surface area contributed by atoms with E-state index >= 15 is 0 Å². The van der Waals surface area contributed by atoms with Crippen molar-refractivity contribution in [3.63, 3.8) is 0 Å². The molecule has 6 rings (SSSR count). The topological polar surface area (TPSA) is 137 Å². The van der Waals surface area contributed by atoms with Crippen molar-refractivity contribution in [3.8, 4) is 17.6 Å². The quantitative estimate of drug-likeness (QED) is 0.371. The molecule has 9 heteroatoms. The highest BCUT2D eigenvalue weighted by Crippen LogP contribution is 2.64. The third-order valence-electron chi connectivity index (χ3n) is 9.38. The summed E-state index contributed by atoms with van der Waals surface area (Å²) in [5.74, 6) is -1.40. The first-order valence-corrected chi connectivity index (χ1v) is 13.4. The van der Waals surface area contributed by atoms with Crippen molar-refractivity contribution in [2.24, 2.45) is 11.8 Å². The molecule has 2 fully saturated rings. The number of nitrogens with one attached hydrogen (secondary N) is 1. The molecule has 2 aromatic carbocycles. The normalized spacial score (nSPS) is 30.3. The molecule has 0 radical (unpaired) electrons. The number of aliphatic hydroxyl groups is 2. The Bertz CT molecular complexity index is 1430. The standard InChI is InChI=1S/C29H30ClN3O5/c1-15-25(35)19(27(37)32-21-6-4-17(13-31)10-20(21)30)12-29(38)23-11-18-5-7-22(34)26(36)24(18)28(15,29)8-9-33(23)14-16-2-3-16/h4-7,10,15-16,23,34-36,38H,2-3,8-9,11-12,14H2,1H3,(H,32,37)/t15-,23+,28+,29+/m0/s1. The van der Waals surface area contributed by atoms with Gasteiger partial charge in [0.2, 0.25) is 0 Å². The molecule has 4 atom stereocenters. The number of phenols is 2. The highest BCUT2D eigenvalue weighted by Gasteiger charge is 2.69. The minimum atomic E-state index is -1.48. The van der Waals surface area contributed by atoms with Gasteiger partial charge in [-0.05, 0) is 68.0 Å². The van der Waals surface area contributed by atoms with Crippen LogP contribution in [0.5, 0.6) is 11.5 Å². The van der Waals surface area contributed by atoms with Crippen molar-refractivity contribution < 1.29 is 25.2 Å². The van der Waals surface area contributed by atoms with E-state index in [9.17, 15) is 25.2 Å². The van der Waals surface area contributed by atoms with Crippen molar-refractivity contribution in [1.29, 1.82) is 5.26 Å². The Kier molecular flexibility index (Phi) is 5.69. The number of amides is 1. The fourth-order valence-corrected chi connectivity index (χ4v) is 7.53. The summed E-state index contributed by atoms with van der Waals surface area (Å²) in [6, 6.07) is 9.45. The number of hydrogen-bond acceptors (Lipinski definition) is 7. The Hall–Kier alpha value is -3.25. The number of fused-ring (bicyclic) bond motifs is 1. The summed E-state index contributed by atoms with van der Waals surface area (Å²) in [5.41, 5.74) is -0.548. The summed E-state index contributed by atoms with van der Waals surface area (Å²) in [5, 5.41) is 57.7. The van der Waals surface area contributed by atoms with E-state index in [-0.39, 0.29) is 40.3 Å². The van der Waals surface area contributed by atoms with Gasteiger partial charge in [-0.3, -0.25) is 9.69 Å². The fourth-order valence-electron chi connectivity index (χ4n) is 7.30. The number of rotatable bonds is 4. The monoisotopic (exact) mass is 535 g/mol. The van der Waals surface area contributed by atoms with Gasteiger partial charge in [0, 0.05) is 35.9 Å².